The molecule has 2 rings (SSSR count). The van der Waals surface area contributed by atoms with Gasteiger partial charge in [-0.25, -0.2) is 4.39 Å². The highest BCUT2D eigenvalue weighted by Gasteiger charge is 2.39. The average Bonchev–Trinajstić information content (AvgIpc) is 2.65. The third-order valence-electron chi connectivity index (χ3n) is 2.93. The molecule has 0 aromatic heterocycles. The lowest BCUT2D eigenvalue weighted by atomic mass is 10.1. The number of anilines is 1. The molecule has 1 aliphatic rings. The van der Waals surface area contributed by atoms with E-state index in [9.17, 15) is 14.0 Å². The van der Waals surface area contributed by atoms with Gasteiger partial charge >= 0.3 is 0 Å². The fourth-order valence-corrected chi connectivity index (χ4v) is 2.28. The first-order chi connectivity index (χ1) is 9.07. The number of hydrogen-bond donors (Lipinski definition) is 0. The van der Waals surface area contributed by atoms with Crippen LogP contribution in [0.3, 0.4) is 0 Å². The first-order valence-electron chi connectivity index (χ1n) is 5.79. The molecule has 1 heterocycles. The summed E-state index contributed by atoms with van der Waals surface area (Å²) in [6, 6.07) is 4.39. The average molecular weight is 281 g/mol. The minimum Gasteiger partial charge on any atom is -0.302 e. The van der Waals surface area contributed by atoms with Gasteiger partial charge < -0.3 is 4.90 Å². The highest BCUT2D eigenvalue weighted by molar-refractivity contribution is 6.55. The molecule has 0 saturated carbocycles. The molecule has 4 nitrogen and oxygen atoms in total. The molecule has 6 heteroatoms. The van der Waals surface area contributed by atoms with Crippen LogP contribution in [0, 0.1) is 17.1 Å². The lowest BCUT2D eigenvalue weighted by molar-refractivity contribution is -0.114. The highest BCUT2D eigenvalue weighted by atomic mass is 35.5. The molecule has 1 amide bonds. The van der Waals surface area contributed by atoms with Crippen molar-refractivity contribution in [1.82, 2.24) is 0 Å². The molecule has 0 saturated heterocycles. The van der Waals surface area contributed by atoms with E-state index < -0.39 is 17.5 Å². The monoisotopic (exact) mass is 280 g/mol. The number of rotatable bonds is 4. The Hall–Kier alpha value is -1.93. The second-order valence-electron chi connectivity index (χ2n) is 4.15. The van der Waals surface area contributed by atoms with Gasteiger partial charge in [-0.1, -0.05) is 11.6 Å². The summed E-state index contributed by atoms with van der Waals surface area (Å²) < 4.78 is 13.8. The van der Waals surface area contributed by atoms with E-state index in [1.807, 2.05) is 6.07 Å². The van der Waals surface area contributed by atoms with Crippen molar-refractivity contribution in [2.75, 3.05) is 11.4 Å². The summed E-state index contributed by atoms with van der Waals surface area (Å²) in [5.41, 5.74) is -0.105. The Bertz CT molecular complexity index is 595. The zero-order valence-corrected chi connectivity index (χ0v) is 10.7. The van der Waals surface area contributed by atoms with Gasteiger partial charge in [-0.2, -0.15) is 5.26 Å². The smallest absolute Gasteiger partial charge is 0.299 e. The van der Waals surface area contributed by atoms with Gasteiger partial charge in [-0.05, 0) is 25.0 Å². The maximum Gasteiger partial charge on any atom is 0.299 e. The van der Waals surface area contributed by atoms with E-state index in [0.717, 1.165) is 11.0 Å². The maximum absolute atomic E-state index is 13.8. The highest BCUT2D eigenvalue weighted by Crippen LogP contribution is 2.36. The molecule has 0 atom stereocenters. The topological polar surface area (TPSA) is 61.2 Å². The minimum absolute atomic E-state index is 0.0422. The van der Waals surface area contributed by atoms with Crippen LogP contribution in [0.25, 0.3) is 0 Å². The maximum atomic E-state index is 13.8. The molecule has 1 aromatic carbocycles. The minimum atomic E-state index is -0.778. The number of fused-ring (bicyclic) bond motifs is 1. The Morgan fingerprint density at radius 3 is 2.74 bits per heavy atom. The normalized spacial score (nSPS) is 13.6. The fraction of sp³-hybridized carbons (Fsp3) is 0.308. The van der Waals surface area contributed by atoms with Crippen molar-refractivity contribution in [3.05, 3.63) is 28.5 Å². The summed E-state index contributed by atoms with van der Waals surface area (Å²) in [7, 11) is 0. The summed E-state index contributed by atoms with van der Waals surface area (Å²) in [5.74, 6) is -2.18. The van der Waals surface area contributed by atoms with Crippen LogP contribution < -0.4 is 4.90 Å². The number of halogens is 2. The summed E-state index contributed by atoms with van der Waals surface area (Å²) in [6.45, 7) is 0.205. The van der Waals surface area contributed by atoms with E-state index in [1.165, 1.54) is 6.07 Å². The molecule has 0 unspecified atom stereocenters. The largest absolute Gasteiger partial charge is 0.302 e. The Morgan fingerprint density at radius 2 is 2.05 bits per heavy atom. The van der Waals surface area contributed by atoms with Crippen LogP contribution >= 0.6 is 11.6 Å². The number of amides is 1. The van der Waals surface area contributed by atoms with Crippen molar-refractivity contribution in [2.24, 2.45) is 0 Å². The predicted molar refractivity (Wildman–Crippen MR) is 67.6 cm³/mol. The van der Waals surface area contributed by atoms with E-state index in [-0.39, 0.29) is 22.8 Å². The van der Waals surface area contributed by atoms with Gasteiger partial charge in [0.05, 0.1) is 22.3 Å². The van der Waals surface area contributed by atoms with E-state index in [0.29, 0.717) is 19.3 Å². The predicted octanol–water partition coefficient (Wildman–Crippen LogP) is 2.70. The van der Waals surface area contributed by atoms with Crippen LogP contribution in [0.2, 0.25) is 5.02 Å². The lowest BCUT2D eigenvalue weighted by Crippen LogP contribution is -2.31. The molecule has 1 aromatic rings. The van der Waals surface area contributed by atoms with Gasteiger partial charge in [-0.3, -0.25) is 9.59 Å². The van der Waals surface area contributed by atoms with Crippen molar-refractivity contribution in [3.63, 3.8) is 0 Å². The first kappa shape index (κ1) is 13.5. The van der Waals surface area contributed by atoms with E-state index in [1.54, 1.807) is 0 Å². The van der Waals surface area contributed by atoms with Gasteiger partial charge in [0, 0.05) is 13.0 Å². The number of unbranched alkanes of at least 4 members (excludes halogenated alkanes) is 2. The van der Waals surface area contributed by atoms with Crippen LogP contribution in [0.1, 0.15) is 29.6 Å². The van der Waals surface area contributed by atoms with Gasteiger partial charge in [0.1, 0.15) is 5.82 Å². The fourth-order valence-electron chi connectivity index (χ4n) is 2.04. The van der Waals surface area contributed by atoms with Crippen molar-refractivity contribution in [2.45, 2.75) is 19.3 Å². The third-order valence-corrected chi connectivity index (χ3v) is 3.25. The zero-order valence-electron chi connectivity index (χ0n) is 9.95. The molecular formula is C13H10ClFN2O2. The number of carbonyl (C=O) groups excluding carboxylic acids is 2. The van der Waals surface area contributed by atoms with E-state index >= 15 is 0 Å². The molecule has 0 aliphatic carbocycles. The quantitative estimate of drug-likeness (QED) is 0.629. The van der Waals surface area contributed by atoms with Crippen LogP contribution in [0.5, 0.6) is 0 Å². The summed E-state index contributed by atoms with van der Waals surface area (Å²) in [5, 5.41) is 8.51. The molecular weight excluding hydrogens is 271 g/mol. The van der Waals surface area contributed by atoms with Crippen LogP contribution in [-0.4, -0.2) is 18.2 Å². The summed E-state index contributed by atoms with van der Waals surface area (Å²) in [6.07, 6.45) is 1.48. The van der Waals surface area contributed by atoms with Crippen molar-refractivity contribution in [1.29, 1.82) is 5.26 Å². The number of nitriles is 1. The molecule has 0 radical (unpaired) electrons. The molecule has 0 bridgehead atoms. The second-order valence-corrected chi connectivity index (χ2v) is 4.56. The van der Waals surface area contributed by atoms with Gasteiger partial charge in [0.15, 0.2) is 0 Å². The van der Waals surface area contributed by atoms with Crippen molar-refractivity contribution in [3.8, 4) is 6.07 Å². The van der Waals surface area contributed by atoms with Crippen molar-refractivity contribution >= 4 is 29.0 Å². The molecule has 0 spiro atoms. The Balaban J connectivity index is 2.29. The summed E-state index contributed by atoms with van der Waals surface area (Å²) >= 11 is 5.84. The number of hydrogen-bond acceptors (Lipinski definition) is 3. The Morgan fingerprint density at radius 1 is 1.32 bits per heavy atom. The van der Waals surface area contributed by atoms with Crippen molar-refractivity contribution < 1.29 is 14.0 Å². The van der Waals surface area contributed by atoms with E-state index in [2.05, 4.69) is 0 Å². The first-order valence-corrected chi connectivity index (χ1v) is 6.17. The number of carbonyl (C=O) groups is 2. The number of benzene rings is 1. The third kappa shape index (κ3) is 2.32. The SMILES string of the molecule is N#CCCCCN1C(=O)C(=O)c2c(Cl)ccc(F)c21. The molecule has 0 fully saturated rings. The van der Waals surface area contributed by atoms with Gasteiger partial charge in [-0.15, -0.1) is 0 Å². The number of nitrogens with zero attached hydrogens (tertiary/aromatic N) is 2. The molecule has 19 heavy (non-hydrogen) atoms. The lowest BCUT2D eigenvalue weighted by Gasteiger charge is -2.16. The summed E-state index contributed by atoms with van der Waals surface area (Å²) in [4.78, 5) is 24.7. The van der Waals surface area contributed by atoms with Gasteiger partial charge in [0.25, 0.3) is 11.7 Å². The second kappa shape index (κ2) is 5.37. The van der Waals surface area contributed by atoms with Gasteiger partial charge in [0.2, 0.25) is 0 Å². The molecule has 98 valence electrons. The standard InChI is InChI=1S/C13H10ClFN2O2/c14-8-4-5-9(15)11-10(8)12(18)13(19)17(11)7-3-1-2-6-16/h4-5H,1-3,7H2. The van der Waals surface area contributed by atoms with Crippen LogP contribution in [0.15, 0.2) is 12.1 Å². The van der Waals surface area contributed by atoms with Crippen LogP contribution in [-0.2, 0) is 4.79 Å². The number of ketones is 1. The molecule has 1 aliphatic heterocycles. The molecule has 0 N–H and O–H groups in total. The Labute approximate surface area is 114 Å². The zero-order chi connectivity index (χ0) is 14.0. The Kier molecular flexibility index (Phi) is 3.82. The van der Waals surface area contributed by atoms with E-state index in [4.69, 9.17) is 16.9 Å². The van der Waals surface area contributed by atoms with Crippen LogP contribution in [0.4, 0.5) is 10.1 Å². The number of Topliss-reactive ketones (excluding diaryl/α,β-unsaturated/α-hetero) is 1.